The van der Waals surface area contributed by atoms with Crippen molar-refractivity contribution in [3.63, 3.8) is 0 Å². The van der Waals surface area contributed by atoms with Gasteiger partial charge in [0.25, 0.3) is 0 Å². The molecule has 7 heteroatoms. The first-order valence-corrected chi connectivity index (χ1v) is 9.43. The second kappa shape index (κ2) is 10.5. The molecule has 0 aromatic carbocycles. The van der Waals surface area contributed by atoms with Gasteiger partial charge in [-0.05, 0) is 32.1 Å². The van der Waals surface area contributed by atoms with E-state index in [1.54, 1.807) is 0 Å². The van der Waals surface area contributed by atoms with Gasteiger partial charge in [0.2, 0.25) is 10.0 Å². The van der Waals surface area contributed by atoms with Crippen LogP contribution in [-0.2, 0) is 24.2 Å². The van der Waals surface area contributed by atoms with Crippen LogP contribution in [0.25, 0.3) is 0 Å². The van der Waals surface area contributed by atoms with Crippen molar-refractivity contribution in [3.8, 4) is 0 Å². The second-order valence-corrected chi connectivity index (χ2v) is 7.36. The Morgan fingerprint density at radius 1 is 1.38 bits per heavy atom. The molecule has 0 radical (unpaired) electrons. The van der Waals surface area contributed by atoms with Gasteiger partial charge in [0.15, 0.2) is 0 Å². The van der Waals surface area contributed by atoms with Crippen molar-refractivity contribution in [2.75, 3.05) is 45.3 Å². The zero-order chi connectivity index (χ0) is 15.6. The van der Waals surface area contributed by atoms with Gasteiger partial charge < -0.3 is 14.2 Å². The van der Waals surface area contributed by atoms with E-state index in [1.807, 2.05) is 13.8 Å². The lowest BCUT2D eigenvalue weighted by atomic mass is 10.2. The SMILES string of the molecule is CCOC[C@H](C)CS(=O)(=O)NCCCOC[C@@H]1CCCO1. The highest BCUT2D eigenvalue weighted by molar-refractivity contribution is 7.89. The van der Waals surface area contributed by atoms with Gasteiger partial charge >= 0.3 is 0 Å². The normalized spacial score (nSPS) is 20.8. The van der Waals surface area contributed by atoms with Crippen LogP contribution in [0, 0.1) is 5.92 Å². The largest absolute Gasteiger partial charge is 0.381 e. The van der Waals surface area contributed by atoms with Gasteiger partial charge in [-0.2, -0.15) is 0 Å². The van der Waals surface area contributed by atoms with Gasteiger partial charge in [0.1, 0.15) is 0 Å². The Morgan fingerprint density at radius 2 is 2.19 bits per heavy atom. The van der Waals surface area contributed by atoms with Crippen molar-refractivity contribution in [1.82, 2.24) is 4.72 Å². The summed E-state index contributed by atoms with van der Waals surface area (Å²) in [5, 5.41) is 0. The van der Waals surface area contributed by atoms with Crippen molar-refractivity contribution < 1.29 is 22.6 Å². The smallest absolute Gasteiger partial charge is 0.211 e. The molecule has 1 N–H and O–H groups in total. The third-order valence-electron chi connectivity index (χ3n) is 3.23. The lowest BCUT2D eigenvalue weighted by molar-refractivity contribution is 0.0169. The highest BCUT2D eigenvalue weighted by Gasteiger charge is 2.16. The Kier molecular flexibility index (Phi) is 9.42. The molecule has 1 saturated heterocycles. The molecular weight excluding hydrogens is 294 g/mol. The van der Waals surface area contributed by atoms with Crippen LogP contribution in [0.15, 0.2) is 0 Å². The molecular formula is C14H29NO5S. The van der Waals surface area contributed by atoms with E-state index in [1.165, 1.54) is 0 Å². The fourth-order valence-electron chi connectivity index (χ4n) is 2.19. The minimum atomic E-state index is -3.22. The number of sulfonamides is 1. The first-order chi connectivity index (χ1) is 10.0. The zero-order valence-corrected chi connectivity index (χ0v) is 14.0. The monoisotopic (exact) mass is 323 g/mol. The van der Waals surface area contributed by atoms with Gasteiger partial charge in [0, 0.05) is 26.4 Å². The molecule has 0 aromatic heterocycles. The Bertz CT molecular complexity index is 354. The fourth-order valence-corrected chi connectivity index (χ4v) is 3.61. The number of rotatable bonds is 12. The lowest BCUT2D eigenvalue weighted by Crippen LogP contribution is -2.31. The van der Waals surface area contributed by atoms with Crippen molar-refractivity contribution in [2.45, 2.75) is 39.2 Å². The molecule has 1 aliphatic heterocycles. The van der Waals surface area contributed by atoms with Gasteiger partial charge in [-0.15, -0.1) is 0 Å². The first-order valence-electron chi connectivity index (χ1n) is 7.78. The number of ether oxygens (including phenoxy) is 3. The molecule has 0 bridgehead atoms. The summed E-state index contributed by atoms with van der Waals surface area (Å²) in [6, 6.07) is 0. The molecule has 1 fully saturated rings. The van der Waals surface area contributed by atoms with Crippen LogP contribution in [0.5, 0.6) is 0 Å². The van der Waals surface area contributed by atoms with Crippen LogP contribution >= 0.6 is 0 Å². The van der Waals surface area contributed by atoms with Gasteiger partial charge in [-0.3, -0.25) is 0 Å². The maximum Gasteiger partial charge on any atom is 0.211 e. The van der Waals surface area contributed by atoms with Crippen molar-refractivity contribution in [2.24, 2.45) is 5.92 Å². The van der Waals surface area contributed by atoms with Gasteiger partial charge in [-0.25, -0.2) is 13.1 Å². The average Bonchev–Trinajstić information content (AvgIpc) is 2.93. The maximum atomic E-state index is 11.8. The summed E-state index contributed by atoms with van der Waals surface area (Å²) in [5.41, 5.74) is 0. The van der Waals surface area contributed by atoms with Crippen molar-refractivity contribution >= 4 is 10.0 Å². The van der Waals surface area contributed by atoms with Crippen molar-refractivity contribution in [3.05, 3.63) is 0 Å². The summed E-state index contributed by atoms with van der Waals surface area (Å²) in [7, 11) is -3.22. The van der Waals surface area contributed by atoms with Crippen LogP contribution in [0.1, 0.15) is 33.1 Å². The topological polar surface area (TPSA) is 73.9 Å². The molecule has 1 rings (SSSR count). The molecule has 0 amide bonds. The van der Waals surface area contributed by atoms with Crippen LogP contribution < -0.4 is 4.72 Å². The summed E-state index contributed by atoms with van der Waals surface area (Å²) >= 11 is 0. The van der Waals surface area contributed by atoms with Crippen LogP contribution in [0.4, 0.5) is 0 Å². The van der Waals surface area contributed by atoms with Crippen LogP contribution in [-0.4, -0.2) is 59.9 Å². The molecule has 0 aliphatic carbocycles. The Hall–Kier alpha value is -0.210. The molecule has 2 atom stereocenters. The van der Waals surface area contributed by atoms with E-state index in [2.05, 4.69) is 4.72 Å². The van der Waals surface area contributed by atoms with Gasteiger partial charge in [0.05, 0.1) is 25.1 Å². The van der Waals surface area contributed by atoms with E-state index in [9.17, 15) is 8.42 Å². The molecule has 0 aromatic rings. The minimum absolute atomic E-state index is 0.00165. The van der Waals surface area contributed by atoms with Crippen molar-refractivity contribution in [1.29, 1.82) is 0 Å². The second-order valence-electron chi connectivity index (χ2n) is 5.50. The third-order valence-corrected chi connectivity index (χ3v) is 4.88. The summed E-state index contributed by atoms with van der Waals surface area (Å²) in [5.74, 6) is 0.0993. The lowest BCUT2D eigenvalue weighted by Gasteiger charge is -2.13. The van der Waals surface area contributed by atoms with E-state index in [0.29, 0.717) is 39.4 Å². The van der Waals surface area contributed by atoms with Crippen LogP contribution in [0.2, 0.25) is 0 Å². The molecule has 6 nitrogen and oxygen atoms in total. The molecule has 0 unspecified atom stereocenters. The fraction of sp³-hybridized carbons (Fsp3) is 1.00. The molecule has 1 aliphatic rings. The zero-order valence-electron chi connectivity index (χ0n) is 13.2. The summed E-state index contributed by atoms with van der Waals surface area (Å²) < 4.78 is 42.4. The van der Waals surface area contributed by atoms with E-state index in [4.69, 9.17) is 14.2 Å². The van der Waals surface area contributed by atoms with E-state index >= 15 is 0 Å². The minimum Gasteiger partial charge on any atom is -0.381 e. The Balaban J connectivity index is 2.01. The first kappa shape index (κ1) is 18.8. The summed E-state index contributed by atoms with van der Waals surface area (Å²) in [6.45, 7) is 7.26. The standard InChI is InChI=1S/C14H29NO5S/c1-3-18-10-13(2)12-21(16,17)15-7-5-8-19-11-14-6-4-9-20-14/h13-15H,3-12H2,1-2H3/t13-,14-/m0/s1. The quantitative estimate of drug-likeness (QED) is 0.546. The number of hydrogen-bond donors (Lipinski definition) is 1. The van der Waals surface area contributed by atoms with E-state index < -0.39 is 10.0 Å². The molecule has 1 heterocycles. The third kappa shape index (κ3) is 9.42. The molecule has 0 saturated carbocycles. The predicted molar refractivity (Wildman–Crippen MR) is 81.9 cm³/mol. The number of hydrogen-bond acceptors (Lipinski definition) is 5. The van der Waals surface area contributed by atoms with Gasteiger partial charge in [-0.1, -0.05) is 6.92 Å². The van der Waals surface area contributed by atoms with E-state index in [-0.39, 0.29) is 17.8 Å². The summed E-state index contributed by atoms with van der Waals surface area (Å²) in [6.07, 6.45) is 3.06. The highest BCUT2D eigenvalue weighted by Crippen LogP contribution is 2.11. The predicted octanol–water partition coefficient (Wildman–Crippen LogP) is 1.16. The Labute approximate surface area is 128 Å². The Morgan fingerprint density at radius 3 is 2.86 bits per heavy atom. The maximum absolute atomic E-state index is 11.8. The molecule has 0 spiro atoms. The number of nitrogens with one attached hydrogen (secondary N) is 1. The average molecular weight is 323 g/mol. The van der Waals surface area contributed by atoms with E-state index in [0.717, 1.165) is 19.4 Å². The highest BCUT2D eigenvalue weighted by atomic mass is 32.2. The molecule has 21 heavy (non-hydrogen) atoms. The molecule has 126 valence electrons. The van der Waals surface area contributed by atoms with Crippen LogP contribution in [0.3, 0.4) is 0 Å². The summed E-state index contributed by atoms with van der Waals surface area (Å²) in [4.78, 5) is 0.